The summed E-state index contributed by atoms with van der Waals surface area (Å²) in [5.74, 6) is 1.08. The molecule has 0 saturated heterocycles. The second-order valence-corrected chi connectivity index (χ2v) is 3.10. The van der Waals surface area contributed by atoms with E-state index in [1.54, 1.807) is 0 Å². The summed E-state index contributed by atoms with van der Waals surface area (Å²) in [6.07, 6.45) is 4.22. The van der Waals surface area contributed by atoms with E-state index in [0.29, 0.717) is 6.04 Å². The predicted octanol–water partition coefficient (Wildman–Crippen LogP) is 1.83. The molecule has 2 nitrogen and oxygen atoms in total. The number of nitrogens with one attached hydrogen (secondary N) is 1. The lowest BCUT2D eigenvalue weighted by atomic mass is 10.0. The van der Waals surface area contributed by atoms with Gasteiger partial charge < -0.3 is 5.32 Å². The summed E-state index contributed by atoms with van der Waals surface area (Å²) < 4.78 is 0. The van der Waals surface area contributed by atoms with Gasteiger partial charge in [0.25, 0.3) is 0 Å². The normalized spacial score (nSPS) is 22.1. The van der Waals surface area contributed by atoms with Crippen LogP contribution in [0.5, 0.6) is 0 Å². The van der Waals surface area contributed by atoms with Crippen LogP contribution in [-0.2, 0) is 6.42 Å². The molecule has 2 heteroatoms. The zero-order valence-electron chi connectivity index (χ0n) is 6.67. The van der Waals surface area contributed by atoms with E-state index in [-0.39, 0.29) is 0 Å². The first-order chi connectivity index (χ1) is 5.36. The van der Waals surface area contributed by atoms with Gasteiger partial charge in [-0.05, 0) is 31.4 Å². The Kier molecular flexibility index (Phi) is 1.53. The van der Waals surface area contributed by atoms with Crippen molar-refractivity contribution >= 4 is 5.82 Å². The van der Waals surface area contributed by atoms with Crippen molar-refractivity contribution < 1.29 is 0 Å². The van der Waals surface area contributed by atoms with Gasteiger partial charge in [-0.1, -0.05) is 6.07 Å². The van der Waals surface area contributed by atoms with Crippen LogP contribution in [0.15, 0.2) is 18.3 Å². The maximum absolute atomic E-state index is 4.26. The molecule has 58 valence electrons. The molecule has 0 aliphatic carbocycles. The number of hydrogen-bond donors (Lipinski definition) is 1. The molecule has 1 aromatic rings. The van der Waals surface area contributed by atoms with Gasteiger partial charge in [0.05, 0.1) is 0 Å². The second kappa shape index (κ2) is 2.53. The van der Waals surface area contributed by atoms with Gasteiger partial charge in [0.1, 0.15) is 5.82 Å². The van der Waals surface area contributed by atoms with Gasteiger partial charge in [-0.3, -0.25) is 0 Å². The minimum atomic E-state index is 0.581. The molecule has 0 unspecified atom stereocenters. The van der Waals surface area contributed by atoms with Crippen LogP contribution in [0.25, 0.3) is 0 Å². The lowest BCUT2D eigenvalue weighted by molar-refractivity contribution is 0.674. The van der Waals surface area contributed by atoms with Crippen LogP contribution in [0, 0.1) is 0 Å². The molecule has 0 amide bonds. The highest BCUT2D eigenvalue weighted by atomic mass is 15.0. The molecule has 2 rings (SSSR count). The third-order valence-corrected chi connectivity index (χ3v) is 2.12. The van der Waals surface area contributed by atoms with Gasteiger partial charge in [0.15, 0.2) is 0 Å². The average Bonchev–Trinajstić information content (AvgIpc) is 2.04. The maximum atomic E-state index is 4.26. The number of rotatable bonds is 0. The van der Waals surface area contributed by atoms with Crippen molar-refractivity contribution in [3.05, 3.63) is 23.9 Å². The van der Waals surface area contributed by atoms with Crippen molar-refractivity contribution in [1.82, 2.24) is 4.98 Å². The summed E-state index contributed by atoms with van der Waals surface area (Å²) in [6.45, 7) is 2.19. The zero-order chi connectivity index (χ0) is 7.68. The molecule has 1 aromatic heterocycles. The number of nitrogens with zero attached hydrogens (tertiary/aromatic N) is 1. The third kappa shape index (κ3) is 1.20. The molecule has 1 aliphatic heterocycles. The third-order valence-electron chi connectivity index (χ3n) is 2.12. The molecule has 0 fully saturated rings. The molecule has 1 aliphatic rings. The van der Waals surface area contributed by atoms with Gasteiger partial charge in [-0.15, -0.1) is 0 Å². The van der Waals surface area contributed by atoms with E-state index in [2.05, 4.69) is 23.3 Å². The van der Waals surface area contributed by atoms with Crippen LogP contribution < -0.4 is 5.32 Å². The summed E-state index contributed by atoms with van der Waals surface area (Å²) in [6, 6.07) is 4.72. The Morgan fingerprint density at radius 2 is 2.55 bits per heavy atom. The van der Waals surface area contributed by atoms with E-state index in [9.17, 15) is 0 Å². The first-order valence-corrected chi connectivity index (χ1v) is 4.06. The van der Waals surface area contributed by atoms with Crippen LogP contribution in [0.1, 0.15) is 18.9 Å². The van der Waals surface area contributed by atoms with Crippen LogP contribution in [0.2, 0.25) is 0 Å². The number of hydrogen-bond acceptors (Lipinski definition) is 2. The largest absolute Gasteiger partial charge is 0.367 e. The highest BCUT2D eigenvalue weighted by Gasteiger charge is 2.13. The van der Waals surface area contributed by atoms with Gasteiger partial charge in [0.2, 0.25) is 0 Å². The predicted molar refractivity (Wildman–Crippen MR) is 45.6 cm³/mol. The molecular formula is C9H12N2. The average molecular weight is 148 g/mol. The van der Waals surface area contributed by atoms with Gasteiger partial charge in [0, 0.05) is 12.2 Å². The Morgan fingerprint density at radius 3 is 3.45 bits per heavy atom. The van der Waals surface area contributed by atoms with Crippen LogP contribution in [-0.4, -0.2) is 11.0 Å². The van der Waals surface area contributed by atoms with Crippen LogP contribution in [0.3, 0.4) is 0 Å². The first-order valence-electron chi connectivity index (χ1n) is 4.06. The molecule has 0 saturated carbocycles. The van der Waals surface area contributed by atoms with E-state index in [1.165, 1.54) is 12.0 Å². The fourth-order valence-electron chi connectivity index (χ4n) is 1.45. The van der Waals surface area contributed by atoms with E-state index in [1.807, 2.05) is 12.3 Å². The van der Waals surface area contributed by atoms with Gasteiger partial charge in [-0.25, -0.2) is 4.98 Å². The Balaban J connectivity index is 2.34. The maximum Gasteiger partial charge on any atom is 0.129 e. The number of aromatic nitrogens is 1. The van der Waals surface area contributed by atoms with Crippen molar-refractivity contribution in [2.24, 2.45) is 0 Å². The second-order valence-electron chi connectivity index (χ2n) is 3.10. The van der Waals surface area contributed by atoms with E-state index in [4.69, 9.17) is 0 Å². The van der Waals surface area contributed by atoms with Gasteiger partial charge >= 0.3 is 0 Å². The fraction of sp³-hybridized carbons (Fsp3) is 0.444. The Labute approximate surface area is 66.7 Å². The molecule has 11 heavy (non-hydrogen) atoms. The van der Waals surface area contributed by atoms with Crippen molar-refractivity contribution in [2.45, 2.75) is 25.8 Å². The molecule has 1 N–H and O–H groups in total. The van der Waals surface area contributed by atoms with Crippen molar-refractivity contribution in [1.29, 1.82) is 0 Å². The highest BCUT2D eigenvalue weighted by molar-refractivity contribution is 5.46. The molecule has 2 heterocycles. The Bertz CT molecular complexity index is 257. The Morgan fingerprint density at radius 1 is 1.64 bits per heavy atom. The van der Waals surface area contributed by atoms with Gasteiger partial charge in [-0.2, -0.15) is 0 Å². The van der Waals surface area contributed by atoms with E-state index in [0.717, 1.165) is 12.2 Å². The van der Waals surface area contributed by atoms with Crippen LogP contribution >= 0.6 is 0 Å². The minimum Gasteiger partial charge on any atom is -0.367 e. The molecule has 1 atom stereocenters. The molecule has 0 radical (unpaired) electrons. The zero-order valence-corrected chi connectivity index (χ0v) is 6.67. The quantitative estimate of drug-likeness (QED) is 0.607. The highest BCUT2D eigenvalue weighted by Crippen LogP contribution is 2.20. The standard InChI is InChI=1S/C9H12N2/c1-7-4-5-8-3-2-6-10-9(8)11-7/h2-3,6-7H,4-5H2,1H3,(H,10,11)/t7-/m1/s1. The Hall–Kier alpha value is -1.05. The lowest BCUT2D eigenvalue weighted by Gasteiger charge is -2.22. The lowest BCUT2D eigenvalue weighted by Crippen LogP contribution is -2.22. The summed E-state index contributed by atoms with van der Waals surface area (Å²) in [5.41, 5.74) is 1.35. The molecule has 0 spiro atoms. The van der Waals surface area contributed by atoms with Crippen LogP contribution in [0.4, 0.5) is 5.82 Å². The number of pyridine rings is 1. The van der Waals surface area contributed by atoms with Crippen molar-refractivity contribution in [3.63, 3.8) is 0 Å². The molecule has 0 bridgehead atoms. The van der Waals surface area contributed by atoms with Crippen molar-refractivity contribution in [2.75, 3.05) is 5.32 Å². The molecule has 0 aromatic carbocycles. The summed E-state index contributed by atoms with van der Waals surface area (Å²) in [5, 5.41) is 3.35. The minimum absolute atomic E-state index is 0.581. The van der Waals surface area contributed by atoms with Crippen molar-refractivity contribution in [3.8, 4) is 0 Å². The monoisotopic (exact) mass is 148 g/mol. The summed E-state index contributed by atoms with van der Waals surface area (Å²) in [4.78, 5) is 4.26. The summed E-state index contributed by atoms with van der Waals surface area (Å²) >= 11 is 0. The first kappa shape index (κ1) is 6.65. The fourth-order valence-corrected chi connectivity index (χ4v) is 1.45. The smallest absolute Gasteiger partial charge is 0.129 e. The number of aryl methyl sites for hydroxylation is 1. The SMILES string of the molecule is C[C@@H]1CCc2cccnc2N1. The number of anilines is 1. The molecular weight excluding hydrogens is 136 g/mol. The van der Waals surface area contributed by atoms with E-state index >= 15 is 0 Å². The van der Waals surface area contributed by atoms with E-state index < -0.39 is 0 Å². The summed E-state index contributed by atoms with van der Waals surface area (Å²) in [7, 11) is 0. The number of fused-ring (bicyclic) bond motifs is 1. The topological polar surface area (TPSA) is 24.9 Å².